The van der Waals surface area contributed by atoms with Gasteiger partial charge in [-0.25, -0.2) is 0 Å². The maximum atomic E-state index is 4.50. The SMILES string of the molecule is CCNC(c1ccccn1)c1c(Br)cnn1CCN(C)C. The number of hydrogen-bond donors (Lipinski definition) is 1. The van der Waals surface area contributed by atoms with Crippen molar-refractivity contribution in [3.05, 3.63) is 46.5 Å². The summed E-state index contributed by atoms with van der Waals surface area (Å²) in [6.07, 6.45) is 3.69. The summed E-state index contributed by atoms with van der Waals surface area (Å²) in [5.74, 6) is 0. The average Bonchev–Trinajstić information content (AvgIpc) is 2.84. The van der Waals surface area contributed by atoms with Gasteiger partial charge in [-0.3, -0.25) is 9.67 Å². The molecule has 0 aliphatic rings. The lowest BCUT2D eigenvalue weighted by Gasteiger charge is -2.20. The molecular weight excluding hydrogens is 330 g/mol. The van der Waals surface area contributed by atoms with Gasteiger partial charge in [-0.2, -0.15) is 5.10 Å². The minimum absolute atomic E-state index is 0.0373. The molecule has 0 saturated heterocycles. The first-order chi connectivity index (χ1) is 10.1. The van der Waals surface area contributed by atoms with Crippen molar-refractivity contribution < 1.29 is 0 Å². The van der Waals surface area contributed by atoms with Gasteiger partial charge < -0.3 is 10.2 Å². The van der Waals surface area contributed by atoms with E-state index < -0.39 is 0 Å². The van der Waals surface area contributed by atoms with E-state index in [4.69, 9.17) is 0 Å². The quantitative estimate of drug-likeness (QED) is 0.831. The van der Waals surface area contributed by atoms with Crippen LogP contribution in [-0.2, 0) is 6.54 Å². The fourth-order valence-corrected chi connectivity index (χ4v) is 2.75. The van der Waals surface area contributed by atoms with Crippen molar-refractivity contribution in [1.82, 2.24) is 25.0 Å². The molecule has 2 aromatic heterocycles. The molecule has 0 radical (unpaired) electrons. The number of rotatable bonds is 7. The largest absolute Gasteiger partial charge is 0.308 e. The molecule has 0 aliphatic carbocycles. The van der Waals surface area contributed by atoms with E-state index in [1.165, 1.54) is 0 Å². The van der Waals surface area contributed by atoms with Crippen LogP contribution in [0.4, 0.5) is 0 Å². The van der Waals surface area contributed by atoms with Crippen LogP contribution >= 0.6 is 15.9 Å². The number of aromatic nitrogens is 3. The highest BCUT2D eigenvalue weighted by molar-refractivity contribution is 9.10. The van der Waals surface area contributed by atoms with E-state index in [1.807, 2.05) is 35.3 Å². The van der Waals surface area contributed by atoms with E-state index in [-0.39, 0.29) is 6.04 Å². The number of pyridine rings is 1. The zero-order chi connectivity index (χ0) is 15.2. The van der Waals surface area contributed by atoms with Crippen LogP contribution in [0.3, 0.4) is 0 Å². The summed E-state index contributed by atoms with van der Waals surface area (Å²) >= 11 is 3.63. The van der Waals surface area contributed by atoms with Crippen molar-refractivity contribution in [1.29, 1.82) is 0 Å². The number of halogens is 1. The van der Waals surface area contributed by atoms with Crippen molar-refractivity contribution in [3.63, 3.8) is 0 Å². The second kappa shape index (κ2) is 7.68. The monoisotopic (exact) mass is 351 g/mol. The Morgan fingerprint density at radius 3 is 2.81 bits per heavy atom. The molecule has 0 aliphatic heterocycles. The third-order valence-corrected chi connectivity index (χ3v) is 3.87. The fourth-order valence-electron chi connectivity index (χ4n) is 2.22. The molecule has 2 aromatic rings. The van der Waals surface area contributed by atoms with E-state index >= 15 is 0 Å². The highest BCUT2D eigenvalue weighted by Crippen LogP contribution is 2.27. The standard InChI is InChI=1S/C15H22BrN5/c1-4-17-14(13-7-5-6-8-18-13)15-12(16)11-19-21(15)10-9-20(2)3/h5-8,11,14,17H,4,9-10H2,1-3H3. The van der Waals surface area contributed by atoms with Crippen LogP contribution in [0, 0.1) is 0 Å². The first-order valence-corrected chi connectivity index (χ1v) is 7.93. The lowest BCUT2D eigenvalue weighted by Crippen LogP contribution is -2.28. The van der Waals surface area contributed by atoms with Gasteiger partial charge in [0.05, 0.1) is 34.6 Å². The van der Waals surface area contributed by atoms with E-state index in [2.05, 4.69) is 57.2 Å². The normalized spacial score (nSPS) is 12.8. The van der Waals surface area contributed by atoms with Gasteiger partial charge >= 0.3 is 0 Å². The first kappa shape index (κ1) is 16.1. The minimum Gasteiger partial charge on any atom is -0.308 e. The predicted octanol–water partition coefficient (Wildman–Crippen LogP) is 2.30. The van der Waals surface area contributed by atoms with Gasteiger partial charge in [0.25, 0.3) is 0 Å². The Morgan fingerprint density at radius 2 is 2.19 bits per heavy atom. The van der Waals surface area contributed by atoms with Crippen LogP contribution in [0.2, 0.25) is 0 Å². The predicted molar refractivity (Wildman–Crippen MR) is 88.2 cm³/mol. The van der Waals surface area contributed by atoms with Crippen molar-refractivity contribution in [2.75, 3.05) is 27.2 Å². The summed E-state index contributed by atoms with van der Waals surface area (Å²) in [4.78, 5) is 6.65. The molecule has 0 fully saturated rings. The Kier molecular flexibility index (Phi) is 5.90. The second-order valence-corrected chi connectivity index (χ2v) is 6.00. The molecule has 0 saturated carbocycles. The highest BCUT2D eigenvalue weighted by Gasteiger charge is 2.22. The number of hydrogen-bond acceptors (Lipinski definition) is 4. The summed E-state index contributed by atoms with van der Waals surface area (Å²) in [6, 6.07) is 6.03. The second-order valence-electron chi connectivity index (χ2n) is 5.15. The van der Waals surface area contributed by atoms with Gasteiger partial charge in [-0.1, -0.05) is 13.0 Å². The topological polar surface area (TPSA) is 46.0 Å². The molecule has 114 valence electrons. The molecule has 0 bridgehead atoms. The zero-order valence-corrected chi connectivity index (χ0v) is 14.3. The Bertz CT molecular complexity index is 552. The Hall–Kier alpha value is -1.24. The molecule has 6 heteroatoms. The average molecular weight is 352 g/mol. The minimum atomic E-state index is 0.0373. The van der Waals surface area contributed by atoms with Crippen LogP contribution in [0.5, 0.6) is 0 Å². The van der Waals surface area contributed by atoms with Crippen molar-refractivity contribution >= 4 is 15.9 Å². The summed E-state index contributed by atoms with van der Waals surface area (Å²) in [6.45, 7) is 4.77. The van der Waals surface area contributed by atoms with Gasteiger partial charge in [0.1, 0.15) is 0 Å². The van der Waals surface area contributed by atoms with Gasteiger partial charge in [0.15, 0.2) is 0 Å². The molecule has 0 spiro atoms. The van der Waals surface area contributed by atoms with Crippen LogP contribution in [0.25, 0.3) is 0 Å². The van der Waals surface area contributed by atoms with Crippen LogP contribution < -0.4 is 5.32 Å². The Labute approximate surface area is 134 Å². The molecule has 21 heavy (non-hydrogen) atoms. The van der Waals surface area contributed by atoms with Crippen molar-refractivity contribution in [2.45, 2.75) is 19.5 Å². The summed E-state index contributed by atoms with van der Waals surface area (Å²) in [5.41, 5.74) is 2.13. The molecule has 2 heterocycles. The smallest absolute Gasteiger partial charge is 0.0933 e. The van der Waals surface area contributed by atoms with Gasteiger partial charge in [-0.05, 0) is 48.7 Å². The zero-order valence-electron chi connectivity index (χ0n) is 12.8. The summed E-state index contributed by atoms with van der Waals surface area (Å²) in [7, 11) is 4.14. The third-order valence-electron chi connectivity index (χ3n) is 3.26. The number of nitrogens with zero attached hydrogens (tertiary/aromatic N) is 4. The molecule has 0 amide bonds. The van der Waals surface area contributed by atoms with Crippen molar-refractivity contribution in [2.24, 2.45) is 0 Å². The highest BCUT2D eigenvalue weighted by atomic mass is 79.9. The van der Waals surface area contributed by atoms with Gasteiger partial charge in [0.2, 0.25) is 0 Å². The molecule has 1 atom stereocenters. The summed E-state index contributed by atoms with van der Waals surface area (Å²) in [5, 5.41) is 7.99. The number of nitrogens with one attached hydrogen (secondary N) is 1. The fraction of sp³-hybridized carbons (Fsp3) is 0.467. The molecular formula is C15H22BrN5. The molecule has 5 nitrogen and oxygen atoms in total. The molecule has 1 N–H and O–H groups in total. The van der Waals surface area contributed by atoms with Gasteiger partial charge in [0, 0.05) is 12.7 Å². The maximum absolute atomic E-state index is 4.50. The van der Waals surface area contributed by atoms with Crippen LogP contribution in [0.15, 0.2) is 35.1 Å². The van der Waals surface area contributed by atoms with Crippen LogP contribution in [-0.4, -0.2) is 46.8 Å². The van der Waals surface area contributed by atoms with E-state index in [1.54, 1.807) is 0 Å². The molecule has 1 unspecified atom stereocenters. The maximum Gasteiger partial charge on any atom is 0.0933 e. The molecule has 0 aromatic carbocycles. The lowest BCUT2D eigenvalue weighted by atomic mass is 10.1. The van der Waals surface area contributed by atoms with E-state index in [9.17, 15) is 0 Å². The first-order valence-electron chi connectivity index (χ1n) is 7.13. The molecule has 2 rings (SSSR count). The third kappa shape index (κ3) is 4.12. The van der Waals surface area contributed by atoms with Crippen LogP contribution in [0.1, 0.15) is 24.4 Å². The van der Waals surface area contributed by atoms with Gasteiger partial charge in [-0.15, -0.1) is 0 Å². The number of likely N-dealkylation sites (N-methyl/N-ethyl adjacent to an activating group) is 1. The summed E-state index contributed by atoms with van der Waals surface area (Å²) < 4.78 is 3.06. The lowest BCUT2D eigenvalue weighted by molar-refractivity contribution is 0.365. The Morgan fingerprint density at radius 1 is 1.38 bits per heavy atom. The van der Waals surface area contributed by atoms with E-state index in [0.717, 1.165) is 35.5 Å². The Balaban J connectivity index is 2.34. The van der Waals surface area contributed by atoms with E-state index in [0.29, 0.717) is 0 Å². The van der Waals surface area contributed by atoms with Crippen molar-refractivity contribution in [3.8, 4) is 0 Å².